The second kappa shape index (κ2) is 5.07. The number of nitrogens with one attached hydrogen (secondary N) is 1. The molecule has 1 saturated heterocycles. The van der Waals surface area contributed by atoms with E-state index in [9.17, 15) is 4.79 Å². The van der Waals surface area contributed by atoms with Gasteiger partial charge in [-0.15, -0.1) is 0 Å². The van der Waals surface area contributed by atoms with Crippen molar-refractivity contribution in [3.8, 4) is 0 Å². The van der Waals surface area contributed by atoms with Gasteiger partial charge in [0.25, 0.3) is 0 Å². The van der Waals surface area contributed by atoms with E-state index in [-0.39, 0.29) is 6.04 Å². The topological polar surface area (TPSA) is 38.3 Å². The van der Waals surface area contributed by atoms with Crippen LogP contribution in [0.3, 0.4) is 0 Å². The van der Waals surface area contributed by atoms with E-state index in [1.807, 2.05) is 0 Å². The number of hydrogen-bond acceptors (Lipinski definition) is 3. The van der Waals surface area contributed by atoms with Gasteiger partial charge in [-0.3, -0.25) is 4.79 Å². The zero-order valence-corrected chi connectivity index (χ0v) is 10.5. The number of carbonyl (C=O) groups excluding carboxylic acids is 1. The molecule has 4 atom stereocenters. The minimum Gasteiger partial charge on any atom is -0.379 e. The number of fused-ring (bicyclic) bond motifs is 2. The number of carbonyl (C=O) groups is 1. The molecular weight excluding hydrogens is 214 g/mol. The lowest BCUT2D eigenvalue weighted by Gasteiger charge is -2.25. The molecule has 0 aromatic heterocycles. The van der Waals surface area contributed by atoms with Crippen LogP contribution in [0.25, 0.3) is 0 Å². The Labute approximate surface area is 103 Å². The molecule has 3 nitrogen and oxygen atoms in total. The fourth-order valence-electron chi connectivity index (χ4n) is 4.03. The van der Waals surface area contributed by atoms with Crippen molar-refractivity contribution in [1.29, 1.82) is 0 Å². The number of morpholine rings is 1. The van der Waals surface area contributed by atoms with Crippen LogP contribution in [-0.4, -0.2) is 31.6 Å². The molecule has 0 spiro atoms. The molecule has 1 heterocycles. The van der Waals surface area contributed by atoms with Crippen molar-refractivity contribution in [3.05, 3.63) is 0 Å². The monoisotopic (exact) mass is 237 g/mol. The summed E-state index contributed by atoms with van der Waals surface area (Å²) < 4.78 is 5.39. The third-order valence-corrected chi connectivity index (χ3v) is 4.85. The summed E-state index contributed by atoms with van der Waals surface area (Å²) >= 11 is 0. The second-order valence-electron chi connectivity index (χ2n) is 6.11. The van der Waals surface area contributed by atoms with E-state index in [2.05, 4.69) is 5.32 Å². The average Bonchev–Trinajstić information content (AvgIpc) is 2.92. The molecule has 2 bridgehead atoms. The molecule has 1 aliphatic heterocycles. The zero-order chi connectivity index (χ0) is 11.7. The average molecular weight is 237 g/mol. The molecule has 96 valence electrons. The quantitative estimate of drug-likeness (QED) is 0.809. The lowest BCUT2D eigenvalue weighted by molar-refractivity contribution is -0.121. The van der Waals surface area contributed by atoms with E-state index >= 15 is 0 Å². The molecule has 3 rings (SSSR count). The highest BCUT2D eigenvalue weighted by atomic mass is 16.5. The van der Waals surface area contributed by atoms with Crippen LogP contribution in [0.1, 0.15) is 38.5 Å². The highest BCUT2D eigenvalue weighted by Gasteiger charge is 2.40. The van der Waals surface area contributed by atoms with Gasteiger partial charge in [-0.1, -0.05) is 6.42 Å². The Balaban J connectivity index is 1.44. The molecule has 3 heteroatoms. The van der Waals surface area contributed by atoms with Crippen molar-refractivity contribution < 1.29 is 9.53 Å². The Morgan fingerprint density at radius 2 is 2.18 bits per heavy atom. The van der Waals surface area contributed by atoms with Gasteiger partial charge in [-0.05, 0) is 37.0 Å². The number of hydrogen-bond donors (Lipinski definition) is 1. The van der Waals surface area contributed by atoms with Crippen LogP contribution >= 0.6 is 0 Å². The summed E-state index contributed by atoms with van der Waals surface area (Å²) in [6, 6.07) is 0.273. The molecule has 3 aliphatic rings. The minimum atomic E-state index is 0.273. The summed E-state index contributed by atoms with van der Waals surface area (Å²) in [7, 11) is 0. The maximum Gasteiger partial charge on any atom is 0.134 e. The standard InChI is InChI=1S/C14H23NO2/c16-14(8-13-9-17-4-3-15-13)7-12-6-10-1-2-11(12)5-10/h10-13,15H,1-9H2. The number of ketones is 1. The Morgan fingerprint density at radius 1 is 1.24 bits per heavy atom. The fraction of sp³-hybridized carbons (Fsp3) is 0.929. The highest BCUT2D eigenvalue weighted by molar-refractivity contribution is 5.79. The predicted molar refractivity (Wildman–Crippen MR) is 65.8 cm³/mol. The van der Waals surface area contributed by atoms with Crippen molar-refractivity contribution in [2.75, 3.05) is 19.8 Å². The van der Waals surface area contributed by atoms with E-state index in [0.717, 1.165) is 31.4 Å². The first kappa shape index (κ1) is 11.7. The first-order chi connectivity index (χ1) is 8.31. The number of ether oxygens (including phenoxy) is 1. The molecule has 0 radical (unpaired) electrons. The van der Waals surface area contributed by atoms with Gasteiger partial charge in [-0.25, -0.2) is 0 Å². The van der Waals surface area contributed by atoms with Crippen LogP contribution in [0.5, 0.6) is 0 Å². The number of Topliss-reactive ketones (excluding diaryl/α,β-unsaturated/α-hetero) is 1. The Morgan fingerprint density at radius 3 is 2.82 bits per heavy atom. The van der Waals surface area contributed by atoms with Gasteiger partial charge >= 0.3 is 0 Å². The molecule has 2 aliphatic carbocycles. The Kier molecular flexibility index (Phi) is 3.48. The summed E-state index contributed by atoms with van der Waals surface area (Å²) in [5.41, 5.74) is 0. The summed E-state index contributed by atoms with van der Waals surface area (Å²) in [5.74, 6) is 2.99. The molecule has 1 N–H and O–H groups in total. The van der Waals surface area contributed by atoms with Gasteiger partial charge in [0.1, 0.15) is 5.78 Å². The van der Waals surface area contributed by atoms with Crippen LogP contribution in [0.4, 0.5) is 0 Å². The minimum absolute atomic E-state index is 0.273. The third-order valence-electron chi connectivity index (χ3n) is 4.85. The van der Waals surface area contributed by atoms with Gasteiger partial charge in [0.2, 0.25) is 0 Å². The normalized spacial score (nSPS) is 40.7. The smallest absolute Gasteiger partial charge is 0.134 e. The molecule has 4 unspecified atom stereocenters. The van der Waals surface area contributed by atoms with Crippen molar-refractivity contribution >= 4 is 5.78 Å². The van der Waals surface area contributed by atoms with E-state index in [0.29, 0.717) is 24.7 Å². The summed E-state index contributed by atoms with van der Waals surface area (Å²) in [6.07, 6.45) is 7.04. The lowest BCUT2D eigenvalue weighted by atomic mass is 9.84. The third kappa shape index (κ3) is 2.71. The maximum absolute atomic E-state index is 12.0. The Hall–Kier alpha value is -0.410. The van der Waals surface area contributed by atoms with Crippen LogP contribution < -0.4 is 5.32 Å². The first-order valence-corrected chi connectivity index (χ1v) is 7.14. The zero-order valence-electron chi connectivity index (χ0n) is 10.5. The van der Waals surface area contributed by atoms with Gasteiger partial charge < -0.3 is 10.1 Å². The number of rotatable bonds is 4. The van der Waals surface area contributed by atoms with Crippen LogP contribution in [-0.2, 0) is 9.53 Å². The van der Waals surface area contributed by atoms with Crippen molar-refractivity contribution in [1.82, 2.24) is 5.32 Å². The van der Waals surface area contributed by atoms with E-state index in [4.69, 9.17) is 4.74 Å². The predicted octanol–water partition coefficient (Wildman–Crippen LogP) is 1.76. The second-order valence-corrected chi connectivity index (χ2v) is 6.11. The fourth-order valence-corrected chi connectivity index (χ4v) is 4.03. The van der Waals surface area contributed by atoms with Gasteiger partial charge in [0, 0.05) is 25.4 Å². The van der Waals surface area contributed by atoms with Gasteiger partial charge in [-0.2, -0.15) is 0 Å². The van der Waals surface area contributed by atoms with Gasteiger partial charge in [0.05, 0.1) is 13.2 Å². The van der Waals surface area contributed by atoms with E-state index in [1.165, 1.54) is 25.7 Å². The summed E-state index contributed by atoms with van der Waals surface area (Å²) in [4.78, 5) is 12.0. The van der Waals surface area contributed by atoms with E-state index < -0.39 is 0 Å². The highest BCUT2D eigenvalue weighted by Crippen LogP contribution is 2.49. The van der Waals surface area contributed by atoms with E-state index in [1.54, 1.807) is 0 Å². The van der Waals surface area contributed by atoms with Crippen molar-refractivity contribution in [3.63, 3.8) is 0 Å². The van der Waals surface area contributed by atoms with Crippen molar-refractivity contribution in [2.24, 2.45) is 17.8 Å². The summed E-state index contributed by atoms with van der Waals surface area (Å²) in [6.45, 7) is 2.39. The molecule has 0 aromatic carbocycles. The van der Waals surface area contributed by atoms with Crippen LogP contribution in [0.15, 0.2) is 0 Å². The molecule has 2 saturated carbocycles. The van der Waals surface area contributed by atoms with Crippen molar-refractivity contribution in [2.45, 2.75) is 44.6 Å². The maximum atomic E-state index is 12.0. The van der Waals surface area contributed by atoms with Gasteiger partial charge in [0.15, 0.2) is 0 Å². The molecular formula is C14H23NO2. The SMILES string of the molecule is O=C(CC1COCCN1)CC1CC2CCC1C2. The first-order valence-electron chi connectivity index (χ1n) is 7.14. The van der Waals surface area contributed by atoms with Crippen LogP contribution in [0.2, 0.25) is 0 Å². The summed E-state index contributed by atoms with van der Waals surface area (Å²) in [5, 5.41) is 3.36. The Bertz CT molecular complexity index is 286. The molecule has 17 heavy (non-hydrogen) atoms. The molecule has 3 fully saturated rings. The molecule has 0 amide bonds. The van der Waals surface area contributed by atoms with Crippen LogP contribution in [0, 0.1) is 17.8 Å². The molecule has 0 aromatic rings. The lowest BCUT2D eigenvalue weighted by Crippen LogP contribution is -2.42. The largest absolute Gasteiger partial charge is 0.379 e.